The van der Waals surface area contributed by atoms with Crippen molar-refractivity contribution in [2.24, 2.45) is 11.7 Å². The van der Waals surface area contributed by atoms with Crippen molar-refractivity contribution in [1.82, 2.24) is 4.90 Å². The maximum absolute atomic E-state index is 11.9. The van der Waals surface area contributed by atoms with Crippen LogP contribution < -0.4 is 5.73 Å². The molecule has 0 radical (unpaired) electrons. The number of carbonyl (C=O) groups is 1. The third-order valence-corrected chi connectivity index (χ3v) is 2.94. The van der Waals surface area contributed by atoms with Gasteiger partial charge in [-0.1, -0.05) is 44.2 Å². The van der Waals surface area contributed by atoms with E-state index in [1.54, 1.807) is 0 Å². The van der Waals surface area contributed by atoms with Crippen LogP contribution in [0, 0.1) is 5.92 Å². The minimum absolute atomic E-state index is 0.107. The van der Waals surface area contributed by atoms with Crippen molar-refractivity contribution >= 4 is 5.91 Å². The number of hydrogen-bond donors (Lipinski definition) is 1. The molecule has 1 amide bonds. The maximum Gasteiger partial charge on any atom is 0.224 e. The smallest absolute Gasteiger partial charge is 0.224 e. The van der Waals surface area contributed by atoms with E-state index >= 15 is 0 Å². The molecule has 17 heavy (non-hydrogen) atoms. The molecular formula is C14H22N2O. The second-order valence-corrected chi connectivity index (χ2v) is 4.64. The van der Waals surface area contributed by atoms with Gasteiger partial charge >= 0.3 is 0 Å². The first-order chi connectivity index (χ1) is 8.07. The van der Waals surface area contributed by atoms with E-state index in [-0.39, 0.29) is 11.9 Å². The van der Waals surface area contributed by atoms with E-state index in [1.807, 2.05) is 30.1 Å². The third kappa shape index (κ3) is 3.56. The normalized spacial score (nSPS) is 12.5. The molecule has 3 nitrogen and oxygen atoms in total. The molecular weight excluding hydrogens is 212 g/mol. The van der Waals surface area contributed by atoms with Crippen molar-refractivity contribution < 1.29 is 4.79 Å². The second-order valence-electron chi connectivity index (χ2n) is 4.64. The minimum atomic E-state index is 0.107. The fourth-order valence-corrected chi connectivity index (χ4v) is 2.16. The number of carbonyl (C=O) groups excluding carboxylic acids is 1. The molecule has 94 valence electrons. The van der Waals surface area contributed by atoms with Crippen LogP contribution in [0.3, 0.4) is 0 Å². The van der Waals surface area contributed by atoms with Gasteiger partial charge in [0, 0.05) is 20.0 Å². The zero-order valence-corrected chi connectivity index (χ0v) is 10.9. The highest BCUT2D eigenvalue weighted by atomic mass is 16.2. The first kappa shape index (κ1) is 13.7. The molecule has 0 saturated carbocycles. The zero-order valence-electron chi connectivity index (χ0n) is 10.9. The Bertz CT molecular complexity index is 348. The zero-order chi connectivity index (χ0) is 12.8. The lowest BCUT2D eigenvalue weighted by Gasteiger charge is -2.31. The molecule has 0 fully saturated rings. The van der Waals surface area contributed by atoms with Gasteiger partial charge in [-0.05, 0) is 11.5 Å². The van der Waals surface area contributed by atoms with Crippen molar-refractivity contribution in [3.8, 4) is 0 Å². The summed E-state index contributed by atoms with van der Waals surface area (Å²) < 4.78 is 0. The average Bonchev–Trinajstić information content (AvgIpc) is 2.30. The number of nitrogens with two attached hydrogens (primary N) is 1. The second kappa shape index (κ2) is 6.40. The van der Waals surface area contributed by atoms with E-state index in [0.717, 1.165) is 0 Å². The molecule has 1 unspecified atom stereocenters. The summed E-state index contributed by atoms with van der Waals surface area (Å²) in [6, 6.07) is 10.3. The summed E-state index contributed by atoms with van der Waals surface area (Å²) >= 11 is 0. The highest BCUT2D eigenvalue weighted by molar-refractivity contribution is 5.76. The Kier molecular flexibility index (Phi) is 5.16. The Hall–Kier alpha value is -1.35. The van der Waals surface area contributed by atoms with Crippen molar-refractivity contribution in [2.45, 2.75) is 26.3 Å². The number of amides is 1. The Balaban J connectivity index is 2.90. The van der Waals surface area contributed by atoms with Crippen LogP contribution in [0.5, 0.6) is 0 Å². The van der Waals surface area contributed by atoms with Crippen molar-refractivity contribution in [2.75, 3.05) is 13.6 Å². The van der Waals surface area contributed by atoms with Gasteiger partial charge in [0.05, 0.1) is 6.04 Å². The Labute approximate surface area is 104 Å². The first-order valence-electron chi connectivity index (χ1n) is 6.08. The van der Waals surface area contributed by atoms with Crippen molar-refractivity contribution in [3.05, 3.63) is 35.9 Å². The molecule has 0 aromatic heterocycles. The molecule has 3 heteroatoms. The standard InChI is InChI=1S/C14H22N2O/c1-11(2)14(12-7-5-4-6-8-12)16(3)13(17)9-10-15/h4-8,11,14H,9-10,15H2,1-3H3. The number of nitrogens with zero attached hydrogens (tertiary/aromatic N) is 1. The quantitative estimate of drug-likeness (QED) is 0.849. The molecule has 0 aliphatic carbocycles. The third-order valence-electron chi connectivity index (χ3n) is 2.94. The van der Waals surface area contributed by atoms with Gasteiger partial charge in [0.25, 0.3) is 0 Å². The Morgan fingerprint density at radius 3 is 2.35 bits per heavy atom. The van der Waals surface area contributed by atoms with E-state index in [1.165, 1.54) is 5.56 Å². The molecule has 1 rings (SSSR count). The predicted molar refractivity (Wildman–Crippen MR) is 70.5 cm³/mol. The molecule has 1 aromatic carbocycles. The van der Waals surface area contributed by atoms with Crippen LogP contribution in [0.2, 0.25) is 0 Å². The minimum Gasteiger partial charge on any atom is -0.338 e. The Morgan fingerprint density at radius 2 is 1.88 bits per heavy atom. The summed E-state index contributed by atoms with van der Waals surface area (Å²) in [5.74, 6) is 0.485. The van der Waals surface area contributed by atoms with Crippen LogP contribution in [-0.4, -0.2) is 24.4 Å². The van der Waals surface area contributed by atoms with Crippen LogP contribution in [-0.2, 0) is 4.79 Å². The number of benzene rings is 1. The lowest BCUT2D eigenvalue weighted by molar-refractivity contribution is -0.132. The van der Waals surface area contributed by atoms with Gasteiger partial charge in [-0.15, -0.1) is 0 Å². The largest absolute Gasteiger partial charge is 0.338 e. The van der Waals surface area contributed by atoms with E-state index in [2.05, 4.69) is 26.0 Å². The summed E-state index contributed by atoms with van der Waals surface area (Å²) in [5.41, 5.74) is 6.61. The predicted octanol–water partition coefficient (Wildman–Crippen LogP) is 2.19. The van der Waals surface area contributed by atoms with Crippen LogP contribution in [0.4, 0.5) is 0 Å². The van der Waals surface area contributed by atoms with Crippen LogP contribution in [0.25, 0.3) is 0 Å². The SMILES string of the molecule is CC(C)C(c1ccccc1)N(C)C(=O)CCN. The highest BCUT2D eigenvalue weighted by Gasteiger charge is 2.23. The fraction of sp³-hybridized carbons (Fsp3) is 0.500. The van der Waals surface area contributed by atoms with Gasteiger partial charge in [0.15, 0.2) is 0 Å². The molecule has 1 atom stereocenters. The fourth-order valence-electron chi connectivity index (χ4n) is 2.16. The molecule has 0 spiro atoms. The molecule has 1 aromatic rings. The summed E-state index contributed by atoms with van der Waals surface area (Å²) in [4.78, 5) is 13.7. The number of rotatable bonds is 5. The average molecular weight is 234 g/mol. The number of hydrogen-bond acceptors (Lipinski definition) is 2. The van der Waals surface area contributed by atoms with E-state index < -0.39 is 0 Å². The molecule has 2 N–H and O–H groups in total. The molecule has 0 saturated heterocycles. The van der Waals surface area contributed by atoms with E-state index in [0.29, 0.717) is 18.9 Å². The first-order valence-corrected chi connectivity index (χ1v) is 6.08. The summed E-state index contributed by atoms with van der Waals surface area (Å²) in [5, 5.41) is 0. The summed E-state index contributed by atoms with van der Waals surface area (Å²) in [6.07, 6.45) is 0.409. The lowest BCUT2D eigenvalue weighted by Crippen LogP contribution is -2.35. The molecule has 0 heterocycles. The van der Waals surface area contributed by atoms with Gasteiger partial charge in [0.2, 0.25) is 5.91 Å². The van der Waals surface area contributed by atoms with Crippen LogP contribution >= 0.6 is 0 Å². The molecule has 0 aliphatic heterocycles. The van der Waals surface area contributed by atoms with Crippen LogP contribution in [0.15, 0.2) is 30.3 Å². The van der Waals surface area contributed by atoms with Crippen LogP contribution in [0.1, 0.15) is 31.9 Å². The summed E-state index contributed by atoms with van der Waals surface area (Å²) in [6.45, 7) is 4.66. The van der Waals surface area contributed by atoms with Gasteiger partial charge < -0.3 is 10.6 Å². The lowest BCUT2D eigenvalue weighted by atomic mass is 9.94. The van der Waals surface area contributed by atoms with Crippen molar-refractivity contribution in [3.63, 3.8) is 0 Å². The Morgan fingerprint density at radius 1 is 1.29 bits per heavy atom. The maximum atomic E-state index is 11.9. The van der Waals surface area contributed by atoms with Gasteiger partial charge in [0.1, 0.15) is 0 Å². The summed E-state index contributed by atoms with van der Waals surface area (Å²) in [7, 11) is 1.86. The van der Waals surface area contributed by atoms with Gasteiger partial charge in [-0.2, -0.15) is 0 Å². The molecule has 0 aliphatic rings. The molecule has 0 bridgehead atoms. The van der Waals surface area contributed by atoms with E-state index in [4.69, 9.17) is 5.73 Å². The van der Waals surface area contributed by atoms with Gasteiger partial charge in [-0.3, -0.25) is 4.79 Å². The monoisotopic (exact) mass is 234 g/mol. The topological polar surface area (TPSA) is 46.3 Å². The van der Waals surface area contributed by atoms with Crippen molar-refractivity contribution in [1.29, 1.82) is 0 Å². The highest BCUT2D eigenvalue weighted by Crippen LogP contribution is 2.27. The van der Waals surface area contributed by atoms with E-state index in [9.17, 15) is 4.79 Å². The van der Waals surface area contributed by atoms with Gasteiger partial charge in [-0.25, -0.2) is 0 Å².